The maximum atomic E-state index is 12.6. The first-order valence-corrected chi connectivity index (χ1v) is 9.90. The normalized spacial score (nSPS) is 15.1. The third kappa shape index (κ3) is 4.21. The zero-order valence-corrected chi connectivity index (χ0v) is 16.1. The topological polar surface area (TPSA) is 57.6 Å². The van der Waals surface area contributed by atoms with Gasteiger partial charge in [-0.2, -0.15) is 0 Å². The smallest absolute Gasteiger partial charge is 0.246 e. The van der Waals surface area contributed by atoms with Crippen molar-refractivity contribution in [3.63, 3.8) is 0 Å². The van der Waals surface area contributed by atoms with Crippen molar-refractivity contribution in [2.24, 2.45) is 5.92 Å². The Balaban J connectivity index is 1.38. The predicted molar refractivity (Wildman–Crippen MR) is 115 cm³/mol. The molecule has 29 heavy (non-hydrogen) atoms. The Morgan fingerprint density at radius 2 is 1.59 bits per heavy atom. The molecule has 1 fully saturated rings. The van der Waals surface area contributed by atoms with Crippen LogP contribution < -0.4 is 0 Å². The predicted octanol–water partition coefficient (Wildman–Crippen LogP) is 4.68. The number of fused-ring (bicyclic) bond motifs is 1. The fourth-order valence-electron chi connectivity index (χ4n) is 3.89. The van der Waals surface area contributed by atoms with Crippen molar-refractivity contribution in [3.05, 3.63) is 83.9 Å². The molecule has 0 aromatic heterocycles. The first-order chi connectivity index (χ1) is 14.1. The summed E-state index contributed by atoms with van der Waals surface area (Å²) in [5.74, 6) is 0.141. The maximum absolute atomic E-state index is 12.6. The Bertz CT molecular complexity index is 1060. The first-order valence-electron chi connectivity index (χ1n) is 9.90. The monoisotopic (exact) mass is 385 g/mol. The third-order valence-corrected chi connectivity index (χ3v) is 5.56. The molecule has 4 nitrogen and oxygen atoms in total. The molecular weight excluding hydrogens is 362 g/mol. The lowest BCUT2D eigenvalue weighted by molar-refractivity contribution is -0.127. The number of rotatable bonds is 4. The summed E-state index contributed by atoms with van der Waals surface area (Å²) < 4.78 is 0. The number of likely N-dealkylation sites (tertiary alicyclic amines) is 1. The van der Waals surface area contributed by atoms with Gasteiger partial charge in [0.25, 0.3) is 0 Å². The van der Waals surface area contributed by atoms with Crippen molar-refractivity contribution in [2.45, 2.75) is 12.8 Å². The summed E-state index contributed by atoms with van der Waals surface area (Å²) in [7, 11) is 0. The van der Waals surface area contributed by atoms with Crippen LogP contribution in [0, 0.1) is 5.92 Å². The van der Waals surface area contributed by atoms with Crippen molar-refractivity contribution in [1.29, 1.82) is 0 Å². The second kappa shape index (κ2) is 8.31. The average Bonchev–Trinajstić information content (AvgIpc) is 2.77. The SMILES string of the molecule is O=C(c1ccc(O)cc1)C1CCN(C(=O)/C=C/c2cccc3ccccc23)CC1. The molecule has 1 heterocycles. The quantitative estimate of drug-likeness (QED) is 0.524. The van der Waals surface area contributed by atoms with Gasteiger partial charge >= 0.3 is 0 Å². The number of carbonyl (C=O) groups excluding carboxylic acids is 2. The Labute approximate surface area is 170 Å². The zero-order valence-electron chi connectivity index (χ0n) is 16.1. The molecule has 0 unspecified atom stereocenters. The van der Waals surface area contributed by atoms with Crippen molar-refractivity contribution in [1.82, 2.24) is 4.90 Å². The van der Waals surface area contributed by atoms with Gasteiger partial charge in [-0.3, -0.25) is 9.59 Å². The standard InChI is InChI=1S/C25H23NO3/c27-22-11-8-20(9-12-22)25(29)21-14-16-26(17-15-21)24(28)13-10-19-6-3-5-18-4-1-2-7-23(18)19/h1-13,21,27H,14-17H2/b13-10+. The number of nitrogens with zero attached hydrogens (tertiary/aromatic N) is 1. The van der Waals surface area contributed by atoms with Gasteiger partial charge in [-0.25, -0.2) is 0 Å². The van der Waals surface area contributed by atoms with E-state index in [2.05, 4.69) is 18.2 Å². The van der Waals surface area contributed by atoms with Crippen LogP contribution >= 0.6 is 0 Å². The summed E-state index contributed by atoms with van der Waals surface area (Å²) in [5.41, 5.74) is 1.64. The third-order valence-electron chi connectivity index (χ3n) is 5.56. The van der Waals surface area contributed by atoms with Crippen molar-refractivity contribution >= 4 is 28.5 Å². The number of piperidine rings is 1. The lowest BCUT2D eigenvalue weighted by atomic mass is 9.89. The summed E-state index contributed by atoms with van der Waals surface area (Å²) in [6.07, 6.45) is 4.82. The fourth-order valence-corrected chi connectivity index (χ4v) is 3.89. The maximum Gasteiger partial charge on any atom is 0.246 e. The molecular formula is C25H23NO3. The highest BCUT2D eigenvalue weighted by Gasteiger charge is 2.27. The molecule has 4 rings (SSSR count). The molecule has 0 spiro atoms. The Morgan fingerprint density at radius 1 is 0.897 bits per heavy atom. The van der Waals surface area contributed by atoms with Gasteiger partial charge in [-0.05, 0) is 59.5 Å². The zero-order chi connectivity index (χ0) is 20.2. The first kappa shape index (κ1) is 18.9. The molecule has 1 N–H and O–H groups in total. The van der Waals surface area contributed by atoms with E-state index in [-0.39, 0.29) is 23.4 Å². The molecule has 1 aliphatic heterocycles. The minimum absolute atomic E-state index is 0.0199. The van der Waals surface area contributed by atoms with Crippen LogP contribution in [0.1, 0.15) is 28.8 Å². The lowest BCUT2D eigenvalue weighted by Gasteiger charge is -2.30. The second-order valence-electron chi connectivity index (χ2n) is 7.41. The number of Topliss-reactive ketones (excluding diaryl/α,β-unsaturated/α-hetero) is 1. The number of benzene rings is 3. The van der Waals surface area contributed by atoms with Gasteiger partial charge in [-0.1, -0.05) is 42.5 Å². The largest absolute Gasteiger partial charge is 0.508 e. The number of aromatic hydroxyl groups is 1. The number of hydrogen-bond acceptors (Lipinski definition) is 3. The van der Waals surface area contributed by atoms with Crippen LogP contribution in [0.15, 0.2) is 72.8 Å². The van der Waals surface area contributed by atoms with E-state index in [1.165, 1.54) is 12.1 Å². The molecule has 1 amide bonds. The Kier molecular flexibility index (Phi) is 5.43. The summed E-state index contributed by atoms with van der Waals surface area (Å²) in [5, 5.41) is 11.6. The Morgan fingerprint density at radius 3 is 2.34 bits per heavy atom. The van der Waals surface area contributed by atoms with Crippen LogP contribution in [-0.2, 0) is 4.79 Å². The molecule has 146 valence electrons. The number of amides is 1. The highest BCUT2D eigenvalue weighted by atomic mass is 16.3. The molecule has 4 heteroatoms. The minimum atomic E-state index is -0.0781. The molecule has 0 atom stereocenters. The summed E-state index contributed by atoms with van der Waals surface area (Å²) in [6.45, 7) is 1.15. The highest BCUT2D eigenvalue weighted by molar-refractivity contribution is 5.99. The van der Waals surface area contributed by atoms with Crippen LogP contribution in [-0.4, -0.2) is 34.8 Å². The van der Waals surface area contributed by atoms with Gasteiger partial charge in [0.15, 0.2) is 5.78 Å². The van der Waals surface area contributed by atoms with Crippen LogP contribution in [0.5, 0.6) is 5.75 Å². The Hall–Kier alpha value is -3.40. The van der Waals surface area contributed by atoms with Gasteiger partial charge in [0.2, 0.25) is 5.91 Å². The number of carbonyl (C=O) groups is 2. The van der Waals surface area contributed by atoms with E-state index >= 15 is 0 Å². The van der Waals surface area contributed by atoms with Crippen LogP contribution in [0.25, 0.3) is 16.8 Å². The van der Waals surface area contributed by atoms with E-state index in [1.54, 1.807) is 18.2 Å². The average molecular weight is 385 g/mol. The van der Waals surface area contributed by atoms with E-state index in [1.807, 2.05) is 35.2 Å². The van der Waals surface area contributed by atoms with Crippen molar-refractivity contribution < 1.29 is 14.7 Å². The molecule has 0 radical (unpaired) electrons. The minimum Gasteiger partial charge on any atom is -0.508 e. The number of phenolic OH excluding ortho intramolecular Hbond substituents is 1. The molecule has 3 aromatic rings. The number of phenols is 1. The lowest BCUT2D eigenvalue weighted by Crippen LogP contribution is -2.39. The van der Waals surface area contributed by atoms with Crippen LogP contribution in [0.2, 0.25) is 0 Å². The molecule has 1 saturated heterocycles. The molecule has 0 aliphatic carbocycles. The van der Waals surface area contributed by atoms with Gasteiger partial charge in [0.05, 0.1) is 0 Å². The van der Waals surface area contributed by atoms with E-state index in [0.29, 0.717) is 31.5 Å². The van der Waals surface area contributed by atoms with Crippen LogP contribution in [0.4, 0.5) is 0 Å². The van der Waals surface area contributed by atoms with Crippen LogP contribution in [0.3, 0.4) is 0 Å². The van der Waals surface area contributed by atoms with E-state index < -0.39 is 0 Å². The molecule has 0 saturated carbocycles. The van der Waals surface area contributed by atoms with Gasteiger partial charge in [-0.15, -0.1) is 0 Å². The molecule has 3 aromatic carbocycles. The van der Waals surface area contributed by atoms with Gasteiger partial charge < -0.3 is 10.0 Å². The van der Waals surface area contributed by atoms with E-state index in [9.17, 15) is 14.7 Å². The summed E-state index contributed by atoms with van der Waals surface area (Å²) in [4.78, 5) is 27.0. The summed E-state index contributed by atoms with van der Waals surface area (Å²) >= 11 is 0. The van der Waals surface area contributed by atoms with Crippen molar-refractivity contribution in [3.8, 4) is 5.75 Å². The van der Waals surface area contributed by atoms with Gasteiger partial charge in [0, 0.05) is 30.6 Å². The van der Waals surface area contributed by atoms with E-state index in [4.69, 9.17) is 0 Å². The summed E-state index contributed by atoms with van der Waals surface area (Å²) in [6, 6.07) is 20.6. The van der Waals surface area contributed by atoms with E-state index in [0.717, 1.165) is 16.3 Å². The molecule has 0 bridgehead atoms. The second-order valence-corrected chi connectivity index (χ2v) is 7.41. The number of ketones is 1. The highest BCUT2D eigenvalue weighted by Crippen LogP contribution is 2.24. The van der Waals surface area contributed by atoms with Gasteiger partial charge in [0.1, 0.15) is 5.75 Å². The fraction of sp³-hybridized carbons (Fsp3) is 0.200. The van der Waals surface area contributed by atoms with Crippen molar-refractivity contribution in [2.75, 3.05) is 13.1 Å². The molecule has 1 aliphatic rings. The number of hydrogen-bond donors (Lipinski definition) is 1.